The standard InChI is InChI=1S/C10H9Br2NO2/c11-6-1-2-8(7(12)5-6)15-9-3-4-13-10(9)14/h1-2,5,9H,3-4H2,(H,13,14). The van der Waals surface area contributed by atoms with E-state index < -0.39 is 0 Å². The van der Waals surface area contributed by atoms with Crippen LogP contribution in [0.15, 0.2) is 27.1 Å². The van der Waals surface area contributed by atoms with E-state index in [4.69, 9.17) is 4.74 Å². The summed E-state index contributed by atoms with van der Waals surface area (Å²) in [5.41, 5.74) is 0. The molecule has 0 spiro atoms. The van der Waals surface area contributed by atoms with Gasteiger partial charge in [0.25, 0.3) is 5.91 Å². The molecule has 0 radical (unpaired) electrons. The number of halogens is 2. The summed E-state index contributed by atoms with van der Waals surface area (Å²) in [6.45, 7) is 0.692. The van der Waals surface area contributed by atoms with E-state index in [1.54, 1.807) is 0 Å². The summed E-state index contributed by atoms with van der Waals surface area (Å²) in [6, 6.07) is 5.61. The number of rotatable bonds is 2. The molecule has 1 aromatic rings. The Hall–Kier alpha value is -0.550. The maximum absolute atomic E-state index is 11.3. The predicted molar refractivity (Wildman–Crippen MR) is 63.9 cm³/mol. The summed E-state index contributed by atoms with van der Waals surface area (Å²) in [7, 11) is 0. The van der Waals surface area contributed by atoms with E-state index >= 15 is 0 Å². The lowest BCUT2D eigenvalue weighted by atomic mass is 10.3. The van der Waals surface area contributed by atoms with Gasteiger partial charge in [0.15, 0.2) is 6.10 Å². The van der Waals surface area contributed by atoms with Crippen molar-refractivity contribution < 1.29 is 9.53 Å². The molecule has 1 amide bonds. The Balaban J connectivity index is 2.13. The third-order valence-electron chi connectivity index (χ3n) is 2.16. The van der Waals surface area contributed by atoms with Crippen LogP contribution >= 0.6 is 31.9 Å². The van der Waals surface area contributed by atoms with Crippen molar-refractivity contribution >= 4 is 37.8 Å². The molecule has 80 valence electrons. The predicted octanol–water partition coefficient (Wildman–Crippen LogP) is 2.48. The van der Waals surface area contributed by atoms with Gasteiger partial charge in [-0.15, -0.1) is 0 Å². The summed E-state index contributed by atoms with van der Waals surface area (Å²) in [6.07, 6.45) is 0.365. The molecule has 0 aliphatic carbocycles. The molecule has 1 heterocycles. The smallest absolute Gasteiger partial charge is 0.261 e. The van der Waals surface area contributed by atoms with E-state index in [0.29, 0.717) is 12.3 Å². The van der Waals surface area contributed by atoms with E-state index in [9.17, 15) is 4.79 Å². The molecule has 5 heteroatoms. The second-order valence-corrected chi connectivity index (χ2v) is 5.03. The van der Waals surface area contributed by atoms with Gasteiger partial charge in [-0.1, -0.05) is 15.9 Å². The first-order valence-electron chi connectivity index (χ1n) is 4.56. The minimum Gasteiger partial charge on any atom is -0.479 e. The van der Waals surface area contributed by atoms with Crippen molar-refractivity contribution in [3.8, 4) is 5.75 Å². The highest BCUT2D eigenvalue weighted by atomic mass is 79.9. The van der Waals surface area contributed by atoms with Crippen LogP contribution < -0.4 is 10.1 Å². The lowest BCUT2D eigenvalue weighted by Gasteiger charge is -2.12. The van der Waals surface area contributed by atoms with Gasteiger partial charge in [0.1, 0.15) is 5.75 Å². The molecule has 1 N–H and O–H groups in total. The number of nitrogens with one attached hydrogen (secondary N) is 1. The lowest BCUT2D eigenvalue weighted by molar-refractivity contribution is -0.124. The van der Waals surface area contributed by atoms with Crippen molar-refractivity contribution in [2.75, 3.05) is 6.54 Å². The van der Waals surface area contributed by atoms with E-state index in [1.165, 1.54) is 0 Å². The first-order valence-corrected chi connectivity index (χ1v) is 6.15. The molecule has 0 bridgehead atoms. The van der Waals surface area contributed by atoms with Gasteiger partial charge in [0.05, 0.1) is 4.47 Å². The SMILES string of the molecule is O=C1NCCC1Oc1ccc(Br)cc1Br. The van der Waals surface area contributed by atoms with Crippen LogP contribution in [0.1, 0.15) is 6.42 Å². The molecule has 1 aromatic carbocycles. The van der Waals surface area contributed by atoms with Crippen molar-refractivity contribution in [3.63, 3.8) is 0 Å². The molecule has 1 aliphatic heterocycles. The highest BCUT2D eigenvalue weighted by Crippen LogP contribution is 2.29. The number of hydrogen-bond donors (Lipinski definition) is 1. The molecule has 1 unspecified atom stereocenters. The van der Waals surface area contributed by atoms with Crippen LogP contribution in [0.5, 0.6) is 5.75 Å². The van der Waals surface area contributed by atoms with Crippen molar-refractivity contribution in [1.82, 2.24) is 5.32 Å². The van der Waals surface area contributed by atoms with E-state index in [1.807, 2.05) is 18.2 Å². The van der Waals surface area contributed by atoms with E-state index in [2.05, 4.69) is 37.2 Å². The van der Waals surface area contributed by atoms with Crippen molar-refractivity contribution in [3.05, 3.63) is 27.1 Å². The zero-order chi connectivity index (χ0) is 10.8. The molecule has 15 heavy (non-hydrogen) atoms. The minimum absolute atomic E-state index is 0.0372. The Labute approximate surface area is 104 Å². The molecule has 0 aromatic heterocycles. The summed E-state index contributed by atoms with van der Waals surface area (Å²) < 4.78 is 7.41. The summed E-state index contributed by atoms with van der Waals surface area (Å²) >= 11 is 6.74. The highest BCUT2D eigenvalue weighted by molar-refractivity contribution is 9.11. The summed E-state index contributed by atoms with van der Waals surface area (Å²) in [4.78, 5) is 11.3. The normalized spacial score (nSPS) is 20.1. The Kier molecular flexibility index (Phi) is 3.31. The fourth-order valence-corrected chi connectivity index (χ4v) is 2.55. The van der Waals surface area contributed by atoms with Crippen LogP contribution in [0.2, 0.25) is 0 Å². The minimum atomic E-state index is -0.359. The zero-order valence-electron chi connectivity index (χ0n) is 7.80. The maximum Gasteiger partial charge on any atom is 0.261 e. The third kappa shape index (κ3) is 2.52. The molecular formula is C10H9Br2NO2. The van der Waals surface area contributed by atoms with Crippen molar-refractivity contribution in [2.24, 2.45) is 0 Å². The number of benzene rings is 1. The first kappa shape index (κ1) is 11.0. The highest BCUT2D eigenvalue weighted by Gasteiger charge is 2.26. The molecule has 1 fully saturated rings. The maximum atomic E-state index is 11.3. The van der Waals surface area contributed by atoms with Crippen LogP contribution in [0, 0.1) is 0 Å². The summed E-state index contributed by atoms with van der Waals surface area (Å²) in [5.74, 6) is 0.657. The van der Waals surface area contributed by atoms with Gasteiger partial charge in [-0.05, 0) is 34.1 Å². The van der Waals surface area contributed by atoms with Crippen LogP contribution in [0.3, 0.4) is 0 Å². The lowest BCUT2D eigenvalue weighted by Crippen LogP contribution is -2.27. The largest absolute Gasteiger partial charge is 0.479 e. The Morgan fingerprint density at radius 1 is 1.40 bits per heavy atom. The monoisotopic (exact) mass is 333 g/mol. The van der Waals surface area contributed by atoms with Gasteiger partial charge in [-0.3, -0.25) is 4.79 Å². The second kappa shape index (κ2) is 4.53. The van der Waals surface area contributed by atoms with Crippen LogP contribution in [0.4, 0.5) is 0 Å². The fraction of sp³-hybridized carbons (Fsp3) is 0.300. The fourth-order valence-electron chi connectivity index (χ4n) is 1.41. The van der Waals surface area contributed by atoms with Gasteiger partial charge in [-0.25, -0.2) is 0 Å². The van der Waals surface area contributed by atoms with Gasteiger partial charge >= 0.3 is 0 Å². The van der Waals surface area contributed by atoms with E-state index in [-0.39, 0.29) is 12.0 Å². The zero-order valence-corrected chi connectivity index (χ0v) is 11.0. The van der Waals surface area contributed by atoms with Crippen LogP contribution in [-0.2, 0) is 4.79 Å². The topological polar surface area (TPSA) is 38.3 Å². The Morgan fingerprint density at radius 2 is 2.20 bits per heavy atom. The molecule has 0 saturated carbocycles. The molecular weight excluding hydrogens is 326 g/mol. The van der Waals surface area contributed by atoms with Crippen molar-refractivity contribution in [1.29, 1.82) is 0 Å². The quantitative estimate of drug-likeness (QED) is 0.902. The van der Waals surface area contributed by atoms with Gasteiger partial charge in [0.2, 0.25) is 0 Å². The van der Waals surface area contributed by atoms with E-state index in [0.717, 1.165) is 15.4 Å². The Bertz CT molecular complexity index is 395. The number of carbonyl (C=O) groups is 1. The average Bonchev–Trinajstić information content (AvgIpc) is 2.57. The molecule has 1 aliphatic rings. The first-order chi connectivity index (χ1) is 7.16. The number of ether oxygens (including phenoxy) is 1. The molecule has 1 atom stereocenters. The summed E-state index contributed by atoms with van der Waals surface area (Å²) in [5, 5.41) is 2.73. The molecule has 1 saturated heterocycles. The third-order valence-corrected chi connectivity index (χ3v) is 3.27. The van der Waals surface area contributed by atoms with Crippen LogP contribution in [-0.4, -0.2) is 18.6 Å². The number of amides is 1. The van der Waals surface area contributed by atoms with Gasteiger partial charge in [-0.2, -0.15) is 0 Å². The number of hydrogen-bond acceptors (Lipinski definition) is 2. The molecule has 3 nitrogen and oxygen atoms in total. The molecule has 2 rings (SSSR count). The average molecular weight is 335 g/mol. The van der Waals surface area contributed by atoms with Gasteiger partial charge < -0.3 is 10.1 Å². The second-order valence-electron chi connectivity index (χ2n) is 3.26. The van der Waals surface area contributed by atoms with Crippen molar-refractivity contribution in [2.45, 2.75) is 12.5 Å². The number of carbonyl (C=O) groups excluding carboxylic acids is 1. The Morgan fingerprint density at radius 3 is 2.80 bits per heavy atom. The van der Waals surface area contributed by atoms with Gasteiger partial charge in [0, 0.05) is 17.4 Å². The van der Waals surface area contributed by atoms with Crippen LogP contribution in [0.25, 0.3) is 0 Å².